The Balaban J connectivity index is 1.69. The van der Waals surface area contributed by atoms with Crippen molar-refractivity contribution in [1.82, 2.24) is 4.90 Å². The van der Waals surface area contributed by atoms with Crippen LogP contribution in [0, 0.1) is 11.8 Å². The molecule has 0 aromatic rings. The first-order valence-electron chi connectivity index (χ1n) is 7.61. The lowest BCUT2D eigenvalue weighted by molar-refractivity contribution is -0.138. The Morgan fingerprint density at radius 2 is 2.16 bits per heavy atom. The molecule has 3 aliphatic rings. The lowest BCUT2D eigenvalue weighted by Crippen LogP contribution is -2.44. The van der Waals surface area contributed by atoms with Gasteiger partial charge in [-0.25, -0.2) is 0 Å². The average Bonchev–Trinajstić information content (AvgIpc) is 3.07. The molecule has 4 unspecified atom stereocenters. The Hall–Kier alpha value is -0.900. The van der Waals surface area contributed by atoms with Gasteiger partial charge < -0.3 is 9.64 Å². The number of carbonyl (C=O) groups excluding carboxylic acids is 2. The number of Topliss-reactive ketones (excluding diaryl/α,β-unsaturated/α-hetero) is 1. The second kappa shape index (κ2) is 5.23. The summed E-state index contributed by atoms with van der Waals surface area (Å²) in [7, 11) is 0. The van der Waals surface area contributed by atoms with Gasteiger partial charge in [0, 0.05) is 24.9 Å². The van der Waals surface area contributed by atoms with E-state index < -0.39 is 0 Å². The molecule has 2 saturated heterocycles. The maximum atomic E-state index is 12.6. The van der Waals surface area contributed by atoms with E-state index in [1.54, 1.807) is 0 Å². The van der Waals surface area contributed by atoms with Crippen LogP contribution >= 0.6 is 0 Å². The van der Waals surface area contributed by atoms with Crippen molar-refractivity contribution in [3.8, 4) is 0 Å². The number of ketones is 1. The van der Waals surface area contributed by atoms with Gasteiger partial charge in [0.15, 0.2) is 0 Å². The van der Waals surface area contributed by atoms with Gasteiger partial charge in [-0.2, -0.15) is 0 Å². The minimum absolute atomic E-state index is 0.0205. The summed E-state index contributed by atoms with van der Waals surface area (Å²) in [5.41, 5.74) is 0. The summed E-state index contributed by atoms with van der Waals surface area (Å²) in [6.07, 6.45) is 5.78. The third-order valence-corrected chi connectivity index (χ3v) is 4.95. The fourth-order valence-electron chi connectivity index (χ4n) is 3.96. The molecule has 4 atom stereocenters. The van der Waals surface area contributed by atoms with Gasteiger partial charge in [0.05, 0.1) is 18.6 Å². The van der Waals surface area contributed by atoms with Crippen LogP contribution in [0.1, 0.15) is 45.4 Å². The molecule has 2 heterocycles. The van der Waals surface area contributed by atoms with Crippen molar-refractivity contribution in [2.45, 2.75) is 57.6 Å². The first-order valence-corrected chi connectivity index (χ1v) is 7.61. The highest BCUT2D eigenvalue weighted by molar-refractivity contribution is 5.85. The van der Waals surface area contributed by atoms with Crippen molar-refractivity contribution < 1.29 is 14.3 Å². The van der Waals surface area contributed by atoms with Crippen LogP contribution in [-0.4, -0.2) is 41.9 Å². The first-order chi connectivity index (χ1) is 9.16. The van der Waals surface area contributed by atoms with Crippen molar-refractivity contribution in [3.05, 3.63) is 0 Å². The van der Waals surface area contributed by atoms with Gasteiger partial charge >= 0.3 is 0 Å². The second-order valence-corrected chi connectivity index (χ2v) is 6.28. The van der Waals surface area contributed by atoms with Gasteiger partial charge in [0.1, 0.15) is 5.78 Å². The van der Waals surface area contributed by atoms with Gasteiger partial charge in [-0.3, -0.25) is 9.59 Å². The Morgan fingerprint density at radius 1 is 1.32 bits per heavy atom. The van der Waals surface area contributed by atoms with Crippen LogP contribution in [0.25, 0.3) is 0 Å². The van der Waals surface area contributed by atoms with E-state index in [4.69, 9.17) is 4.74 Å². The fourth-order valence-corrected chi connectivity index (χ4v) is 3.96. The quantitative estimate of drug-likeness (QED) is 0.764. The predicted octanol–water partition coefficient (Wildman–Crippen LogP) is 1.77. The van der Waals surface area contributed by atoms with Crippen LogP contribution in [0.4, 0.5) is 0 Å². The molecule has 3 rings (SSSR count). The van der Waals surface area contributed by atoms with Crippen molar-refractivity contribution in [2.75, 3.05) is 13.2 Å². The summed E-state index contributed by atoms with van der Waals surface area (Å²) in [5, 5.41) is 0. The minimum Gasteiger partial charge on any atom is -0.378 e. The lowest BCUT2D eigenvalue weighted by Gasteiger charge is -2.30. The Morgan fingerprint density at radius 3 is 2.79 bits per heavy atom. The molecule has 0 aromatic heterocycles. The summed E-state index contributed by atoms with van der Waals surface area (Å²) in [6, 6.07) is 0.179. The van der Waals surface area contributed by atoms with E-state index >= 15 is 0 Å². The molecule has 1 amide bonds. The minimum atomic E-state index is 0.0205. The van der Waals surface area contributed by atoms with Crippen molar-refractivity contribution in [2.24, 2.45) is 11.8 Å². The number of rotatable bonds is 2. The number of likely N-dealkylation sites (tertiary alicyclic amines) is 1. The Kier molecular flexibility index (Phi) is 3.61. The van der Waals surface area contributed by atoms with Crippen LogP contribution in [0.2, 0.25) is 0 Å². The lowest BCUT2D eigenvalue weighted by atomic mass is 9.94. The van der Waals surface area contributed by atoms with Gasteiger partial charge in [-0.15, -0.1) is 0 Å². The third kappa shape index (κ3) is 2.42. The molecule has 0 N–H and O–H groups in total. The molecule has 0 spiro atoms. The molecular formula is C15H23NO3. The topological polar surface area (TPSA) is 46.6 Å². The highest BCUT2D eigenvalue weighted by atomic mass is 16.5. The number of nitrogens with zero attached hydrogens (tertiary/aromatic N) is 1. The molecule has 2 aliphatic heterocycles. The molecule has 0 radical (unpaired) electrons. The number of carbonyl (C=O) groups is 2. The third-order valence-electron chi connectivity index (χ3n) is 4.95. The molecule has 1 saturated carbocycles. The van der Waals surface area contributed by atoms with Crippen LogP contribution in [0.3, 0.4) is 0 Å². The second-order valence-electron chi connectivity index (χ2n) is 6.28. The molecule has 3 fully saturated rings. The van der Waals surface area contributed by atoms with E-state index in [0.29, 0.717) is 18.8 Å². The molecule has 4 nitrogen and oxygen atoms in total. The maximum absolute atomic E-state index is 12.6. The van der Waals surface area contributed by atoms with Gasteiger partial charge in [0.2, 0.25) is 5.91 Å². The van der Waals surface area contributed by atoms with Crippen molar-refractivity contribution in [3.63, 3.8) is 0 Å². The number of amides is 1. The maximum Gasteiger partial charge on any atom is 0.228 e. The summed E-state index contributed by atoms with van der Waals surface area (Å²) in [6.45, 7) is 3.41. The molecule has 106 valence electrons. The molecule has 0 bridgehead atoms. The number of hydrogen-bond donors (Lipinski definition) is 0. The van der Waals surface area contributed by atoms with Crippen LogP contribution in [-0.2, 0) is 14.3 Å². The predicted molar refractivity (Wildman–Crippen MR) is 70.6 cm³/mol. The van der Waals surface area contributed by atoms with E-state index in [-0.39, 0.29) is 29.9 Å². The van der Waals surface area contributed by atoms with Gasteiger partial charge in [-0.05, 0) is 39.0 Å². The molecule has 19 heavy (non-hydrogen) atoms. The van der Waals surface area contributed by atoms with Crippen LogP contribution < -0.4 is 0 Å². The summed E-state index contributed by atoms with van der Waals surface area (Å²) in [5.74, 6) is 0.741. The smallest absolute Gasteiger partial charge is 0.228 e. The standard InChI is InChI=1S/C15H23NO3/c1-10-8-11(9-19-10)15(18)16-7-3-5-13(16)12-4-2-6-14(12)17/h10-13H,2-9H2,1H3. The van der Waals surface area contributed by atoms with Crippen LogP contribution in [0.15, 0.2) is 0 Å². The molecule has 0 aromatic carbocycles. The average molecular weight is 265 g/mol. The van der Waals surface area contributed by atoms with E-state index in [0.717, 1.165) is 38.6 Å². The molecular weight excluding hydrogens is 242 g/mol. The van der Waals surface area contributed by atoms with E-state index in [1.807, 2.05) is 11.8 Å². The summed E-state index contributed by atoms with van der Waals surface area (Å²) in [4.78, 5) is 26.5. The van der Waals surface area contributed by atoms with Crippen molar-refractivity contribution >= 4 is 11.7 Å². The summed E-state index contributed by atoms with van der Waals surface area (Å²) < 4.78 is 5.51. The largest absolute Gasteiger partial charge is 0.378 e. The fraction of sp³-hybridized carbons (Fsp3) is 0.867. The monoisotopic (exact) mass is 265 g/mol. The van der Waals surface area contributed by atoms with E-state index in [9.17, 15) is 9.59 Å². The molecule has 1 aliphatic carbocycles. The zero-order valence-electron chi connectivity index (χ0n) is 11.6. The Bertz CT molecular complexity index is 382. The van der Waals surface area contributed by atoms with Gasteiger partial charge in [0.25, 0.3) is 0 Å². The summed E-state index contributed by atoms with van der Waals surface area (Å²) >= 11 is 0. The van der Waals surface area contributed by atoms with E-state index in [1.165, 1.54) is 0 Å². The number of ether oxygens (including phenoxy) is 1. The highest BCUT2D eigenvalue weighted by Crippen LogP contribution is 2.35. The zero-order valence-corrected chi connectivity index (χ0v) is 11.6. The van der Waals surface area contributed by atoms with E-state index in [2.05, 4.69) is 0 Å². The van der Waals surface area contributed by atoms with Crippen LogP contribution in [0.5, 0.6) is 0 Å². The van der Waals surface area contributed by atoms with Gasteiger partial charge in [-0.1, -0.05) is 0 Å². The normalized spacial score (nSPS) is 39.2. The number of hydrogen-bond acceptors (Lipinski definition) is 3. The SMILES string of the molecule is CC1CC(C(=O)N2CCCC2C2CCCC2=O)CO1. The Labute approximate surface area is 114 Å². The zero-order chi connectivity index (χ0) is 13.4. The highest BCUT2D eigenvalue weighted by Gasteiger charge is 2.42. The molecule has 4 heteroatoms. The van der Waals surface area contributed by atoms with Crippen molar-refractivity contribution in [1.29, 1.82) is 0 Å². The first kappa shape index (κ1) is 13.1.